The molecule has 5 nitrogen and oxygen atoms in total. The molecule has 1 saturated heterocycles. The van der Waals surface area contributed by atoms with Crippen molar-refractivity contribution in [3.8, 4) is 17.6 Å². The molecule has 154 valence electrons. The van der Waals surface area contributed by atoms with Crippen LogP contribution in [0.3, 0.4) is 0 Å². The molecule has 0 unspecified atom stereocenters. The summed E-state index contributed by atoms with van der Waals surface area (Å²) in [7, 11) is 1.60. The van der Waals surface area contributed by atoms with Crippen molar-refractivity contribution in [2.75, 3.05) is 7.11 Å². The molecule has 0 aromatic heterocycles. The van der Waals surface area contributed by atoms with Gasteiger partial charge < -0.3 is 14.8 Å². The number of benzene rings is 3. The monoisotopic (exact) mass is 411 g/mol. The number of methoxy groups -OCH3 is 1. The largest absolute Gasteiger partial charge is 0.497 e. The average Bonchev–Trinajstić information content (AvgIpc) is 3.20. The molecule has 0 spiro atoms. The third-order valence-corrected chi connectivity index (χ3v) is 5.12. The summed E-state index contributed by atoms with van der Waals surface area (Å²) in [6.45, 7) is 1.54. The lowest BCUT2D eigenvalue weighted by molar-refractivity contribution is 0.101. The maximum atomic E-state index is 12.0. The van der Waals surface area contributed by atoms with Crippen LogP contribution in [0.2, 0.25) is 0 Å². The van der Waals surface area contributed by atoms with Gasteiger partial charge in [0.2, 0.25) is 0 Å². The van der Waals surface area contributed by atoms with Crippen LogP contribution in [-0.2, 0) is 4.74 Å². The Hall–Kier alpha value is -4.04. The van der Waals surface area contributed by atoms with Gasteiger partial charge in [-0.25, -0.2) is 4.79 Å². The Morgan fingerprint density at radius 2 is 1.65 bits per heavy atom. The van der Waals surface area contributed by atoms with E-state index in [0.717, 1.165) is 22.3 Å². The highest BCUT2D eigenvalue weighted by atomic mass is 16.6. The summed E-state index contributed by atoms with van der Waals surface area (Å²) in [6, 6.07) is 22.1. The van der Waals surface area contributed by atoms with Crippen LogP contribution in [-0.4, -0.2) is 19.0 Å². The molecule has 1 amide bonds. The zero-order valence-corrected chi connectivity index (χ0v) is 17.2. The molecule has 1 N–H and O–H groups in total. The van der Waals surface area contributed by atoms with Gasteiger partial charge in [-0.15, -0.1) is 0 Å². The third kappa shape index (κ3) is 4.59. The minimum absolute atomic E-state index is 0.0265. The van der Waals surface area contributed by atoms with Gasteiger partial charge >= 0.3 is 6.09 Å². The molecule has 0 bridgehead atoms. The van der Waals surface area contributed by atoms with E-state index in [1.807, 2.05) is 60.7 Å². The molecule has 2 atom stereocenters. The number of hydrogen-bond donors (Lipinski definition) is 1. The molecule has 1 aliphatic heterocycles. The normalized spacial score (nSPS) is 17.2. The molecule has 0 saturated carbocycles. The molecule has 1 fully saturated rings. The van der Waals surface area contributed by atoms with Crippen molar-refractivity contribution in [1.82, 2.24) is 5.32 Å². The zero-order chi connectivity index (χ0) is 21.8. The molecule has 31 heavy (non-hydrogen) atoms. The van der Waals surface area contributed by atoms with Crippen LogP contribution in [0.4, 0.5) is 4.79 Å². The van der Waals surface area contributed by atoms with Gasteiger partial charge in [-0.05, 0) is 54.4 Å². The first-order chi connectivity index (χ1) is 15.0. The van der Waals surface area contributed by atoms with Crippen molar-refractivity contribution in [2.24, 2.45) is 0 Å². The Morgan fingerprint density at radius 1 is 0.935 bits per heavy atom. The Balaban J connectivity index is 1.60. The Labute approximate surface area is 181 Å². The first kappa shape index (κ1) is 20.2. The highest BCUT2D eigenvalue weighted by Gasteiger charge is 2.36. The van der Waals surface area contributed by atoms with Crippen molar-refractivity contribution in [3.63, 3.8) is 0 Å². The van der Waals surface area contributed by atoms with E-state index in [0.29, 0.717) is 11.3 Å². The number of hydrogen-bond acceptors (Lipinski definition) is 4. The minimum Gasteiger partial charge on any atom is -0.497 e. The van der Waals surface area contributed by atoms with E-state index in [4.69, 9.17) is 9.47 Å². The molecule has 0 aliphatic carbocycles. The fourth-order valence-electron chi connectivity index (χ4n) is 3.50. The maximum Gasteiger partial charge on any atom is 0.408 e. The lowest BCUT2D eigenvalue weighted by Crippen LogP contribution is -2.19. The van der Waals surface area contributed by atoms with Gasteiger partial charge in [-0.1, -0.05) is 48.2 Å². The smallest absolute Gasteiger partial charge is 0.408 e. The number of rotatable bonds is 4. The summed E-state index contributed by atoms with van der Waals surface area (Å²) in [5.74, 6) is 6.99. The van der Waals surface area contributed by atoms with Gasteiger partial charge in [0.05, 0.1) is 13.2 Å². The quantitative estimate of drug-likeness (QED) is 0.494. The number of nitrogens with one attached hydrogen (secondary N) is 1. The standard InChI is InChI=1S/C26H21NO4/c1-17(28)20-13-11-18(12-14-20)9-10-19-5-3-6-21(15-19)24-25(31-26(29)27-24)22-7-4-8-23(16-22)30-2/h3-8,11-16,24-25H,1-2H3,(H,27,29)/t24-,25-/m1/s1. The molecular formula is C26H21NO4. The van der Waals surface area contributed by atoms with Crippen LogP contribution in [0.1, 0.15) is 51.7 Å². The van der Waals surface area contributed by atoms with Gasteiger partial charge in [0, 0.05) is 16.7 Å². The van der Waals surface area contributed by atoms with Crippen LogP contribution < -0.4 is 10.1 Å². The number of Topliss-reactive ketones (excluding diaryl/α,β-unsaturated/α-hetero) is 1. The van der Waals surface area contributed by atoms with E-state index < -0.39 is 12.2 Å². The summed E-state index contributed by atoms with van der Waals surface area (Å²) in [5, 5.41) is 2.89. The van der Waals surface area contributed by atoms with E-state index in [9.17, 15) is 9.59 Å². The molecule has 5 heteroatoms. The van der Waals surface area contributed by atoms with Crippen molar-refractivity contribution >= 4 is 11.9 Å². The second-order valence-corrected chi connectivity index (χ2v) is 7.23. The van der Waals surface area contributed by atoms with Gasteiger partial charge in [0.25, 0.3) is 0 Å². The number of ether oxygens (including phenoxy) is 2. The van der Waals surface area contributed by atoms with E-state index in [1.54, 1.807) is 19.2 Å². The van der Waals surface area contributed by atoms with Crippen LogP contribution in [0.5, 0.6) is 5.75 Å². The Morgan fingerprint density at radius 3 is 2.39 bits per heavy atom. The molecule has 0 radical (unpaired) electrons. The topological polar surface area (TPSA) is 64.6 Å². The van der Waals surface area contributed by atoms with Crippen molar-refractivity contribution in [2.45, 2.75) is 19.1 Å². The zero-order valence-electron chi connectivity index (χ0n) is 17.2. The summed E-state index contributed by atoms with van der Waals surface area (Å²) in [6.07, 6.45) is -0.926. The number of carbonyl (C=O) groups excluding carboxylic acids is 2. The summed E-state index contributed by atoms with van der Waals surface area (Å²) >= 11 is 0. The van der Waals surface area contributed by atoms with Gasteiger partial charge in [0.15, 0.2) is 11.9 Å². The molecule has 1 heterocycles. The summed E-state index contributed by atoms with van der Waals surface area (Å²) in [4.78, 5) is 23.4. The lowest BCUT2D eigenvalue weighted by atomic mass is 9.95. The second kappa shape index (κ2) is 8.76. The predicted octanol–water partition coefficient (Wildman–Crippen LogP) is 4.82. The third-order valence-electron chi connectivity index (χ3n) is 5.12. The molecule has 1 aliphatic rings. The first-order valence-corrected chi connectivity index (χ1v) is 9.87. The molecule has 3 aromatic rings. The van der Waals surface area contributed by atoms with E-state index in [-0.39, 0.29) is 11.8 Å². The highest BCUT2D eigenvalue weighted by molar-refractivity contribution is 5.94. The average molecular weight is 411 g/mol. The van der Waals surface area contributed by atoms with E-state index >= 15 is 0 Å². The van der Waals surface area contributed by atoms with Crippen molar-refractivity contribution in [3.05, 3.63) is 101 Å². The minimum atomic E-state index is -0.468. The van der Waals surface area contributed by atoms with Crippen molar-refractivity contribution < 1.29 is 19.1 Å². The van der Waals surface area contributed by atoms with Crippen LogP contribution >= 0.6 is 0 Å². The Bertz CT molecular complexity index is 1190. The number of cyclic esters (lactones) is 1. The van der Waals surface area contributed by atoms with Gasteiger partial charge in [0.1, 0.15) is 5.75 Å². The number of ketones is 1. The van der Waals surface area contributed by atoms with Crippen LogP contribution in [0, 0.1) is 11.8 Å². The lowest BCUT2D eigenvalue weighted by Gasteiger charge is -2.18. The second-order valence-electron chi connectivity index (χ2n) is 7.23. The first-order valence-electron chi connectivity index (χ1n) is 9.87. The molecule has 4 rings (SSSR count). The number of alkyl carbamates (subject to hydrolysis) is 1. The van der Waals surface area contributed by atoms with E-state index in [2.05, 4.69) is 17.2 Å². The van der Waals surface area contributed by atoms with Gasteiger partial charge in [-0.3, -0.25) is 4.79 Å². The SMILES string of the molecule is COc1cccc([C@H]2OC(=O)N[C@@H]2c2cccc(C#Cc3ccc(C(C)=O)cc3)c2)c1. The predicted molar refractivity (Wildman–Crippen MR) is 117 cm³/mol. The fraction of sp³-hybridized carbons (Fsp3) is 0.154. The highest BCUT2D eigenvalue weighted by Crippen LogP contribution is 2.37. The number of carbonyl (C=O) groups is 2. The van der Waals surface area contributed by atoms with Crippen LogP contribution in [0.15, 0.2) is 72.8 Å². The maximum absolute atomic E-state index is 12.0. The van der Waals surface area contributed by atoms with Crippen molar-refractivity contribution in [1.29, 1.82) is 0 Å². The Kier molecular flexibility index (Phi) is 5.72. The number of amides is 1. The summed E-state index contributed by atoms with van der Waals surface area (Å²) < 4.78 is 10.8. The molecular weight excluding hydrogens is 390 g/mol. The summed E-state index contributed by atoms with van der Waals surface area (Å²) in [5.41, 5.74) is 4.05. The van der Waals surface area contributed by atoms with E-state index in [1.165, 1.54) is 6.92 Å². The van der Waals surface area contributed by atoms with Gasteiger partial charge in [-0.2, -0.15) is 0 Å². The van der Waals surface area contributed by atoms with Crippen LogP contribution in [0.25, 0.3) is 0 Å². The fourth-order valence-corrected chi connectivity index (χ4v) is 3.50. The molecule has 3 aromatic carbocycles.